The summed E-state index contributed by atoms with van der Waals surface area (Å²) in [5.74, 6) is -2.49. The lowest BCUT2D eigenvalue weighted by molar-refractivity contribution is -0.274. The summed E-state index contributed by atoms with van der Waals surface area (Å²) in [5.41, 5.74) is -0.833. The van der Waals surface area contributed by atoms with Crippen LogP contribution < -0.4 is 35.2 Å². The molecule has 2 unspecified atom stereocenters. The zero-order valence-electron chi connectivity index (χ0n) is 24.0. The van der Waals surface area contributed by atoms with Gasteiger partial charge in [0.1, 0.15) is 18.0 Å². The predicted octanol–water partition coefficient (Wildman–Crippen LogP) is 5.39. The first-order valence-electron chi connectivity index (χ1n) is 13.3. The fraction of sp³-hybridized carbons (Fsp3) is 0.429. The quantitative estimate of drug-likeness (QED) is 0.337. The number of amides is 1. The highest BCUT2D eigenvalue weighted by molar-refractivity contribution is 5.92. The van der Waals surface area contributed by atoms with E-state index in [4.69, 9.17) is 9.47 Å². The molecule has 1 saturated heterocycles. The lowest BCUT2D eigenvalue weighted by atomic mass is 10.1. The van der Waals surface area contributed by atoms with Gasteiger partial charge in [-0.2, -0.15) is 13.2 Å². The number of fused-ring (bicyclic) bond motifs is 1. The number of nitrogens with zero attached hydrogens (tertiary/aromatic N) is 2. The summed E-state index contributed by atoms with van der Waals surface area (Å²) in [7, 11) is 1.15. The van der Waals surface area contributed by atoms with E-state index in [0.717, 1.165) is 25.3 Å². The van der Waals surface area contributed by atoms with Crippen LogP contribution in [0.2, 0.25) is 0 Å². The molecule has 0 bridgehead atoms. The van der Waals surface area contributed by atoms with Crippen LogP contribution in [-0.4, -0.2) is 55.5 Å². The van der Waals surface area contributed by atoms with Crippen LogP contribution in [0.1, 0.15) is 25.0 Å². The molecule has 0 spiro atoms. The second-order valence-corrected chi connectivity index (χ2v) is 10.5. The number of rotatable bonds is 7. The van der Waals surface area contributed by atoms with Gasteiger partial charge in [0, 0.05) is 31.7 Å². The molecule has 2 heterocycles. The van der Waals surface area contributed by atoms with Gasteiger partial charge in [0.05, 0.1) is 24.2 Å². The number of hydrogen-bond acceptors (Lipinski definition) is 7. The Morgan fingerprint density at radius 1 is 1.09 bits per heavy atom. The van der Waals surface area contributed by atoms with Gasteiger partial charge in [-0.3, -0.25) is 4.79 Å². The Labute approximate surface area is 246 Å². The molecule has 2 N–H and O–H groups in total. The third-order valence-corrected chi connectivity index (χ3v) is 6.81. The number of halogens is 7. The van der Waals surface area contributed by atoms with Gasteiger partial charge in [-0.1, -0.05) is 6.07 Å². The summed E-state index contributed by atoms with van der Waals surface area (Å²) in [4.78, 5) is 27.5. The molecule has 4 rings (SSSR count). The molecule has 1 aliphatic rings. The number of ether oxygens (including phenoxy) is 3. The van der Waals surface area contributed by atoms with Crippen molar-refractivity contribution in [2.24, 2.45) is 0 Å². The second-order valence-electron chi connectivity index (χ2n) is 10.5. The van der Waals surface area contributed by atoms with Gasteiger partial charge < -0.3 is 34.3 Å². The first-order valence-corrected chi connectivity index (χ1v) is 13.3. The van der Waals surface area contributed by atoms with E-state index in [1.165, 1.54) is 13.0 Å². The first kappa shape index (κ1) is 32.7. The molecule has 1 amide bonds. The highest BCUT2D eigenvalue weighted by atomic mass is 19.4. The summed E-state index contributed by atoms with van der Waals surface area (Å²) >= 11 is 0. The van der Waals surface area contributed by atoms with E-state index in [1.54, 1.807) is 4.90 Å². The number of carbonyl (C=O) groups excluding carboxylic acids is 1. The van der Waals surface area contributed by atoms with Crippen LogP contribution >= 0.6 is 0 Å². The van der Waals surface area contributed by atoms with Gasteiger partial charge in [0.25, 0.3) is 0 Å². The Morgan fingerprint density at radius 2 is 1.75 bits per heavy atom. The molecule has 2 aromatic carbocycles. The molecule has 1 aliphatic heterocycles. The molecular formula is C28H29F7N4O5. The standard InChI is InChI=1S/C28H29F7N4O5/c1-14-7-18(44-28(33,34)35)6-5-17(14)9-36-26(41)43-21-12-39(13-27(30,31)32)22-19(24(21)40)8-20(29)23(25(22)42-4)38-10-15(2)37-16(3)11-38/h5-8,12,15-16,37H,9-11,13H2,1-4H3,(H,36,41). The number of alkyl halides is 6. The SMILES string of the molecule is COc1c(N2CC(C)NC(C)C2)c(F)cc2c(=O)c(OC(=O)NCc3ccc(OC(F)(F)F)cc3C)cn(CC(F)(F)F)c12. The molecule has 44 heavy (non-hydrogen) atoms. The summed E-state index contributed by atoms with van der Waals surface area (Å²) in [6.07, 6.45) is -10.2. The molecule has 2 atom stereocenters. The number of carbonyl (C=O) groups is 1. The number of benzene rings is 2. The monoisotopic (exact) mass is 634 g/mol. The Morgan fingerprint density at radius 3 is 2.32 bits per heavy atom. The van der Waals surface area contributed by atoms with Crippen LogP contribution in [0, 0.1) is 12.7 Å². The van der Waals surface area contributed by atoms with Crippen molar-refractivity contribution in [1.29, 1.82) is 0 Å². The number of methoxy groups -OCH3 is 1. The number of aromatic nitrogens is 1. The van der Waals surface area contributed by atoms with Crippen LogP contribution in [0.25, 0.3) is 10.9 Å². The van der Waals surface area contributed by atoms with E-state index >= 15 is 4.39 Å². The van der Waals surface area contributed by atoms with Crippen LogP contribution in [0.15, 0.2) is 35.3 Å². The summed E-state index contributed by atoms with van der Waals surface area (Å²) in [6.45, 7) is 3.92. The van der Waals surface area contributed by atoms with Gasteiger partial charge in [0.2, 0.25) is 5.43 Å². The minimum absolute atomic E-state index is 0.0832. The fourth-order valence-electron chi connectivity index (χ4n) is 5.22. The van der Waals surface area contributed by atoms with Crippen molar-refractivity contribution in [3.05, 3.63) is 57.6 Å². The minimum Gasteiger partial charge on any atom is -0.492 e. The summed E-state index contributed by atoms with van der Waals surface area (Å²) in [5, 5.41) is 5.05. The average Bonchev–Trinajstić information content (AvgIpc) is 2.87. The first-order chi connectivity index (χ1) is 20.5. The van der Waals surface area contributed by atoms with Gasteiger partial charge in [-0.25, -0.2) is 9.18 Å². The third kappa shape index (κ3) is 7.65. The normalized spacial score (nSPS) is 17.5. The number of piperazine rings is 1. The van der Waals surface area contributed by atoms with Gasteiger partial charge in [0.15, 0.2) is 17.3 Å². The molecule has 1 aromatic heterocycles. The van der Waals surface area contributed by atoms with E-state index in [9.17, 15) is 35.9 Å². The number of hydrogen-bond donors (Lipinski definition) is 2. The van der Waals surface area contributed by atoms with Crippen molar-refractivity contribution in [2.45, 2.75) is 58.5 Å². The molecule has 0 saturated carbocycles. The Balaban J connectivity index is 1.68. The zero-order valence-corrected chi connectivity index (χ0v) is 24.0. The maximum Gasteiger partial charge on any atom is 0.573 e. The maximum atomic E-state index is 15.6. The van der Waals surface area contributed by atoms with Crippen molar-refractivity contribution in [1.82, 2.24) is 15.2 Å². The molecule has 0 radical (unpaired) electrons. The van der Waals surface area contributed by atoms with Gasteiger partial charge in [-0.05, 0) is 50.1 Å². The largest absolute Gasteiger partial charge is 0.573 e. The predicted molar refractivity (Wildman–Crippen MR) is 146 cm³/mol. The van der Waals surface area contributed by atoms with Crippen molar-refractivity contribution in [3.8, 4) is 17.2 Å². The third-order valence-electron chi connectivity index (χ3n) is 6.81. The van der Waals surface area contributed by atoms with Crippen LogP contribution in [0.5, 0.6) is 17.2 Å². The van der Waals surface area contributed by atoms with E-state index < -0.39 is 53.3 Å². The molecule has 0 aliphatic carbocycles. The lowest BCUT2D eigenvalue weighted by Crippen LogP contribution is -2.54. The van der Waals surface area contributed by atoms with Crippen molar-refractivity contribution >= 4 is 22.7 Å². The Bertz CT molecular complexity index is 1600. The molecule has 1 fully saturated rings. The van der Waals surface area contributed by atoms with Crippen molar-refractivity contribution < 1.29 is 49.7 Å². The van der Waals surface area contributed by atoms with E-state index in [2.05, 4.69) is 15.4 Å². The summed E-state index contributed by atoms with van der Waals surface area (Å²) < 4.78 is 109. The molecule has 240 valence electrons. The van der Waals surface area contributed by atoms with E-state index in [0.29, 0.717) is 35.0 Å². The highest BCUT2D eigenvalue weighted by Crippen LogP contribution is 2.40. The second kappa shape index (κ2) is 12.4. The number of anilines is 1. The van der Waals surface area contributed by atoms with Crippen LogP contribution in [0.3, 0.4) is 0 Å². The van der Waals surface area contributed by atoms with Gasteiger partial charge >= 0.3 is 18.6 Å². The van der Waals surface area contributed by atoms with E-state index in [-0.39, 0.29) is 35.6 Å². The van der Waals surface area contributed by atoms with Crippen LogP contribution in [-0.2, 0) is 13.1 Å². The lowest BCUT2D eigenvalue weighted by Gasteiger charge is -2.38. The van der Waals surface area contributed by atoms with E-state index in [1.807, 2.05) is 13.8 Å². The molecule has 16 heteroatoms. The zero-order chi connectivity index (χ0) is 32.6. The Kier molecular flexibility index (Phi) is 9.23. The molecule has 9 nitrogen and oxygen atoms in total. The average molecular weight is 635 g/mol. The molecular weight excluding hydrogens is 605 g/mol. The Hall–Kier alpha value is -4.21. The van der Waals surface area contributed by atoms with Crippen LogP contribution in [0.4, 0.5) is 41.2 Å². The minimum atomic E-state index is -4.90. The van der Waals surface area contributed by atoms with Crippen molar-refractivity contribution in [3.63, 3.8) is 0 Å². The number of nitrogens with one attached hydrogen (secondary N) is 2. The topological polar surface area (TPSA) is 94.1 Å². The van der Waals surface area contributed by atoms with Crippen molar-refractivity contribution in [2.75, 3.05) is 25.1 Å². The number of aryl methyl sites for hydroxylation is 1. The summed E-state index contributed by atoms with van der Waals surface area (Å²) in [6, 6.07) is 4.00. The van der Waals surface area contributed by atoms with Gasteiger partial charge in [-0.15, -0.1) is 13.2 Å². The molecule has 3 aromatic rings. The number of pyridine rings is 1. The highest BCUT2D eigenvalue weighted by Gasteiger charge is 2.34. The maximum absolute atomic E-state index is 15.6. The fourth-order valence-corrected chi connectivity index (χ4v) is 5.22. The smallest absolute Gasteiger partial charge is 0.492 e.